The molecular formula is C23H14F2N2O3S. The van der Waals surface area contributed by atoms with Gasteiger partial charge in [0.25, 0.3) is 5.56 Å². The molecule has 3 heterocycles. The Kier molecular flexibility index (Phi) is 4.44. The minimum atomic E-state index is -1.27. The number of carboxylic acid groups (broad SMARTS) is 1. The van der Waals surface area contributed by atoms with E-state index in [1.54, 1.807) is 18.2 Å². The van der Waals surface area contributed by atoms with Crippen molar-refractivity contribution in [3.63, 3.8) is 0 Å². The Labute approximate surface area is 177 Å². The Morgan fingerprint density at radius 2 is 1.97 bits per heavy atom. The predicted octanol–water partition coefficient (Wildman–Crippen LogP) is 5.24. The van der Waals surface area contributed by atoms with Gasteiger partial charge in [-0.2, -0.15) is 0 Å². The lowest BCUT2D eigenvalue weighted by atomic mass is 10.0. The van der Waals surface area contributed by atoms with E-state index in [2.05, 4.69) is 4.98 Å². The summed E-state index contributed by atoms with van der Waals surface area (Å²) in [5.74, 6) is -2.53. The minimum absolute atomic E-state index is 0.0131. The number of aromatic nitrogens is 2. The van der Waals surface area contributed by atoms with Crippen LogP contribution in [-0.2, 0) is 6.54 Å². The number of pyridine rings is 1. The van der Waals surface area contributed by atoms with Crippen LogP contribution in [0.2, 0.25) is 0 Å². The smallest absolute Gasteiger partial charge is 0.353 e. The molecule has 5 aromatic rings. The number of hydrogen-bond donors (Lipinski definition) is 2. The average Bonchev–Trinajstić information content (AvgIpc) is 3.33. The fraction of sp³-hybridized carbons (Fsp3) is 0.0435. The molecule has 2 aromatic carbocycles. The highest BCUT2D eigenvalue weighted by Crippen LogP contribution is 2.40. The summed E-state index contributed by atoms with van der Waals surface area (Å²) >= 11 is 1.42. The number of halogens is 2. The third kappa shape index (κ3) is 3.03. The molecule has 2 N–H and O–H groups in total. The Hall–Kier alpha value is -3.78. The first-order valence-electron chi connectivity index (χ1n) is 9.33. The molecule has 8 heteroatoms. The van der Waals surface area contributed by atoms with E-state index in [0.29, 0.717) is 10.9 Å². The van der Waals surface area contributed by atoms with Crippen molar-refractivity contribution in [1.82, 2.24) is 9.55 Å². The second-order valence-electron chi connectivity index (χ2n) is 7.06. The first-order valence-corrected chi connectivity index (χ1v) is 10.2. The molecule has 0 fully saturated rings. The van der Waals surface area contributed by atoms with Crippen molar-refractivity contribution in [2.24, 2.45) is 0 Å². The molecule has 5 nitrogen and oxygen atoms in total. The number of fused-ring (bicyclic) bond motifs is 3. The van der Waals surface area contributed by atoms with Crippen LogP contribution >= 0.6 is 11.3 Å². The predicted molar refractivity (Wildman–Crippen MR) is 116 cm³/mol. The number of rotatable bonds is 4. The van der Waals surface area contributed by atoms with Gasteiger partial charge in [-0.1, -0.05) is 6.07 Å². The van der Waals surface area contributed by atoms with Crippen molar-refractivity contribution in [2.75, 3.05) is 0 Å². The molecule has 0 aliphatic carbocycles. The molecule has 0 aliphatic rings. The van der Waals surface area contributed by atoms with E-state index in [9.17, 15) is 23.5 Å². The van der Waals surface area contributed by atoms with E-state index in [-0.39, 0.29) is 28.9 Å². The first-order chi connectivity index (χ1) is 15.0. The van der Waals surface area contributed by atoms with Gasteiger partial charge in [0.2, 0.25) is 0 Å². The molecule has 0 saturated heterocycles. The van der Waals surface area contributed by atoms with Crippen LogP contribution in [0.3, 0.4) is 0 Å². The van der Waals surface area contributed by atoms with E-state index < -0.39 is 23.2 Å². The van der Waals surface area contributed by atoms with Crippen LogP contribution in [-0.4, -0.2) is 20.6 Å². The standard InChI is InChI=1S/C23H14F2N2O3S/c24-14-4-5-16(25)13(10-14)11-27-17-6-3-12-7-9-31-21(12)19(17)18(20(27)23(29)30)15-2-1-8-26-22(15)28/h1-10H,11H2,(H,26,28)(H,29,30). The van der Waals surface area contributed by atoms with Crippen molar-refractivity contribution >= 4 is 38.3 Å². The Morgan fingerprint density at radius 1 is 1.13 bits per heavy atom. The third-order valence-electron chi connectivity index (χ3n) is 5.27. The number of carbonyl (C=O) groups is 1. The fourth-order valence-electron chi connectivity index (χ4n) is 3.96. The van der Waals surface area contributed by atoms with Crippen molar-refractivity contribution in [3.05, 3.63) is 93.4 Å². The van der Waals surface area contributed by atoms with Crippen molar-refractivity contribution in [1.29, 1.82) is 0 Å². The third-order valence-corrected chi connectivity index (χ3v) is 6.22. The maximum absolute atomic E-state index is 14.4. The first kappa shape index (κ1) is 19.2. The molecule has 0 bridgehead atoms. The summed E-state index contributed by atoms with van der Waals surface area (Å²) in [6.07, 6.45) is 1.47. The van der Waals surface area contributed by atoms with Gasteiger partial charge in [-0.15, -0.1) is 11.3 Å². The van der Waals surface area contributed by atoms with E-state index in [1.807, 2.05) is 17.5 Å². The molecule has 0 unspecified atom stereocenters. The van der Waals surface area contributed by atoms with Crippen LogP contribution in [0.4, 0.5) is 8.78 Å². The van der Waals surface area contributed by atoms with Crippen LogP contribution in [0.5, 0.6) is 0 Å². The average molecular weight is 436 g/mol. The van der Waals surface area contributed by atoms with Gasteiger partial charge >= 0.3 is 5.97 Å². The minimum Gasteiger partial charge on any atom is -0.477 e. The molecule has 3 aromatic heterocycles. The lowest BCUT2D eigenvalue weighted by Crippen LogP contribution is -2.14. The highest BCUT2D eigenvalue weighted by atomic mass is 32.1. The molecule has 0 spiro atoms. The maximum atomic E-state index is 14.4. The van der Waals surface area contributed by atoms with Crippen LogP contribution < -0.4 is 5.56 Å². The van der Waals surface area contributed by atoms with Gasteiger partial charge in [-0.05, 0) is 53.2 Å². The molecule has 5 rings (SSSR count). The highest BCUT2D eigenvalue weighted by Gasteiger charge is 2.27. The fourth-order valence-corrected chi connectivity index (χ4v) is 4.91. The number of carboxylic acids is 1. The number of aromatic carboxylic acids is 1. The van der Waals surface area contributed by atoms with E-state index in [0.717, 1.165) is 28.3 Å². The lowest BCUT2D eigenvalue weighted by molar-refractivity contribution is 0.0687. The van der Waals surface area contributed by atoms with Crippen molar-refractivity contribution in [3.8, 4) is 11.1 Å². The molecule has 0 aliphatic heterocycles. The van der Waals surface area contributed by atoms with E-state index in [1.165, 1.54) is 22.1 Å². The maximum Gasteiger partial charge on any atom is 0.353 e. The van der Waals surface area contributed by atoms with E-state index >= 15 is 0 Å². The summed E-state index contributed by atoms with van der Waals surface area (Å²) < 4.78 is 30.4. The van der Waals surface area contributed by atoms with Crippen LogP contribution in [0, 0.1) is 11.6 Å². The Balaban J connectivity index is 1.93. The highest BCUT2D eigenvalue weighted by molar-refractivity contribution is 7.18. The zero-order valence-electron chi connectivity index (χ0n) is 15.9. The molecule has 0 amide bonds. The van der Waals surface area contributed by atoms with Gasteiger partial charge in [0.05, 0.1) is 17.6 Å². The SMILES string of the molecule is O=C(O)c1c(-c2ccc[nH]c2=O)c2c3sccc3ccc2n1Cc1cc(F)ccc1F. The quantitative estimate of drug-likeness (QED) is 0.405. The number of H-pyrrole nitrogens is 1. The number of thiophene rings is 1. The zero-order valence-corrected chi connectivity index (χ0v) is 16.7. The molecule has 0 saturated carbocycles. The molecule has 0 atom stereocenters. The van der Waals surface area contributed by atoms with Crippen molar-refractivity contribution < 1.29 is 18.7 Å². The number of aromatic amines is 1. The van der Waals surface area contributed by atoms with Gasteiger partial charge in [-0.3, -0.25) is 4.79 Å². The van der Waals surface area contributed by atoms with E-state index in [4.69, 9.17) is 0 Å². The second-order valence-corrected chi connectivity index (χ2v) is 7.98. The normalized spacial score (nSPS) is 11.4. The van der Waals surface area contributed by atoms with Gasteiger partial charge in [0, 0.05) is 27.4 Å². The summed E-state index contributed by atoms with van der Waals surface area (Å²) in [5.41, 5.74) is 0.401. The molecular weight excluding hydrogens is 422 g/mol. The number of benzene rings is 2. The van der Waals surface area contributed by atoms with Crippen molar-refractivity contribution in [2.45, 2.75) is 6.54 Å². The number of nitrogens with one attached hydrogen (secondary N) is 1. The van der Waals surface area contributed by atoms with Gasteiger partial charge in [0.1, 0.15) is 17.3 Å². The molecule has 0 radical (unpaired) electrons. The largest absolute Gasteiger partial charge is 0.477 e. The summed E-state index contributed by atoms with van der Waals surface area (Å²) in [4.78, 5) is 27.6. The zero-order chi connectivity index (χ0) is 21.7. The van der Waals surface area contributed by atoms with Crippen LogP contribution in [0.1, 0.15) is 16.1 Å². The lowest BCUT2D eigenvalue weighted by Gasteiger charge is -2.10. The Bertz CT molecular complexity index is 1550. The summed E-state index contributed by atoms with van der Waals surface area (Å²) in [6.45, 7) is -0.205. The number of hydrogen-bond acceptors (Lipinski definition) is 3. The monoisotopic (exact) mass is 436 g/mol. The van der Waals surface area contributed by atoms with Gasteiger partial charge in [0.15, 0.2) is 0 Å². The molecule has 31 heavy (non-hydrogen) atoms. The van der Waals surface area contributed by atoms with Gasteiger partial charge in [-0.25, -0.2) is 13.6 Å². The summed E-state index contributed by atoms with van der Waals surface area (Å²) in [6, 6.07) is 11.7. The van der Waals surface area contributed by atoms with Gasteiger partial charge < -0.3 is 14.7 Å². The summed E-state index contributed by atoms with van der Waals surface area (Å²) in [5, 5.41) is 13.5. The van der Waals surface area contributed by atoms with Crippen LogP contribution in [0.25, 0.3) is 32.1 Å². The second kappa shape index (κ2) is 7.17. The Morgan fingerprint density at radius 3 is 2.74 bits per heavy atom. The van der Waals surface area contributed by atoms with Crippen LogP contribution in [0.15, 0.2) is 64.9 Å². The molecule has 154 valence electrons. The number of nitrogens with zero attached hydrogens (tertiary/aromatic N) is 1. The summed E-state index contributed by atoms with van der Waals surface area (Å²) in [7, 11) is 0. The topological polar surface area (TPSA) is 75.1 Å².